The Labute approximate surface area is 289 Å². The van der Waals surface area contributed by atoms with E-state index in [1.54, 1.807) is 9.80 Å². The van der Waals surface area contributed by atoms with Crippen molar-refractivity contribution in [3.8, 4) is 0 Å². The molecule has 3 aromatic carbocycles. The van der Waals surface area contributed by atoms with Crippen LogP contribution in [0.5, 0.6) is 0 Å². The second-order valence-electron chi connectivity index (χ2n) is 13.0. The maximum Gasteiger partial charge on any atom is 0.490 e. The van der Waals surface area contributed by atoms with Crippen molar-refractivity contribution >= 4 is 23.7 Å². The van der Waals surface area contributed by atoms with E-state index < -0.39 is 29.6 Å². The Hall–Kier alpha value is -4.71. The lowest BCUT2D eigenvalue weighted by Crippen LogP contribution is -2.55. The fourth-order valence-electron chi connectivity index (χ4n) is 7.38. The minimum Gasteiger partial charge on any atom is -0.475 e. The number of carboxylic acids is 1. The van der Waals surface area contributed by atoms with Crippen LogP contribution in [-0.4, -0.2) is 89.1 Å². The van der Waals surface area contributed by atoms with Gasteiger partial charge in [0.25, 0.3) is 0 Å². The van der Waals surface area contributed by atoms with Crippen molar-refractivity contribution in [1.82, 2.24) is 20.4 Å². The Morgan fingerprint density at radius 1 is 0.700 bits per heavy atom. The average Bonchev–Trinajstić information content (AvgIpc) is 3.83. The third-order valence-corrected chi connectivity index (χ3v) is 9.84. The second kappa shape index (κ2) is 16.3. The third-order valence-electron chi connectivity index (χ3n) is 9.84. The number of piperidine rings is 1. The number of carbonyl (C=O) groups is 4. The van der Waals surface area contributed by atoms with Gasteiger partial charge in [-0.3, -0.25) is 14.4 Å². The van der Waals surface area contributed by atoms with Gasteiger partial charge in [0.1, 0.15) is 12.1 Å². The molecule has 3 aliphatic heterocycles. The molecule has 0 aliphatic carbocycles. The first-order chi connectivity index (χ1) is 24.0. The number of aliphatic carboxylic acids is 1. The fourth-order valence-corrected chi connectivity index (χ4v) is 7.38. The predicted molar refractivity (Wildman–Crippen MR) is 181 cm³/mol. The Bertz CT molecular complexity index is 1500. The molecule has 3 fully saturated rings. The number of hydrogen-bond donors (Lipinski definition) is 3. The number of rotatable bonds is 8. The van der Waals surface area contributed by atoms with Crippen molar-refractivity contribution in [2.24, 2.45) is 0 Å². The third kappa shape index (κ3) is 8.35. The van der Waals surface area contributed by atoms with Crippen LogP contribution in [0.15, 0.2) is 91.0 Å². The molecule has 3 heterocycles. The topological polar surface area (TPSA) is 119 Å². The number of carbonyl (C=O) groups excluding carboxylic acids is 3. The van der Waals surface area contributed by atoms with Crippen LogP contribution in [0, 0.1) is 0 Å². The summed E-state index contributed by atoms with van der Waals surface area (Å²) in [5.41, 5.74) is 2.40. The van der Waals surface area contributed by atoms with Gasteiger partial charge in [0.05, 0.1) is 5.41 Å². The van der Waals surface area contributed by atoms with E-state index in [0.29, 0.717) is 25.9 Å². The van der Waals surface area contributed by atoms with Crippen molar-refractivity contribution in [2.75, 3.05) is 26.2 Å². The number of carboxylic acid groups (broad SMARTS) is 1. The fraction of sp³-hybridized carbons (Fsp3) is 0.421. The predicted octanol–water partition coefficient (Wildman–Crippen LogP) is 4.89. The zero-order valence-corrected chi connectivity index (χ0v) is 27.8. The summed E-state index contributed by atoms with van der Waals surface area (Å²) in [5, 5.41) is 13.7. The molecular weight excluding hydrogens is 649 g/mol. The van der Waals surface area contributed by atoms with Crippen molar-refractivity contribution in [2.45, 2.75) is 74.7 Å². The van der Waals surface area contributed by atoms with Crippen LogP contribution in [0.3, 0.4) is 0 Å². The monoisotopic (exact) mass is 692 g/mol. The average molecular weight is 693 g/mol. The lowest BCUT2D eigenvalue weighted by molar-refractivity contribution is -0.192. The molecule has 50 heavy (non-hydrogen) atoms. The lowest BCUT2D eigenvalue weighted by atomic mass is 9.67. The number of hydrogen-bond acceptors (Lipinski definition) is 5. The summed E-state index contributed by atoms with van der Waals surface area (Å²) in [6.07, 6.45) is -0.200. The van der Waals surface area contributed by atoms with Crippen LogP contribution in [0.2, 0.25) is 0 Å². The van der Waals surface area contributed by atoms with Crippen molar-refractivity contribution in [1.29, 1.82) is 0 Å². The normalized spacial score (nSPS) is 19.7. The van der Waals surface area contributed by atoms with Gasteiger partial charge in [-0.2, -0.15) is 13.2 Å². The summed E-state index contributed by atoms with van der Waals surface area (Å²) < 4.78 is 31.7. The Morgan fingerprint density at radius 3 is 1.60 bits per heavy atom. The molecule has 3 amide bonds. The van der Waals surface area contributed by atoms with Crippen molar-refractivity contribution in [3.05, 3.63) is 108 Å². The molecule has 0 bridgehead atoms. The number of halogens is 3. The highest BCUT2D eigenvalue weighted by atomic mass is 19.4. The van der Waals surface area contributed by atoms with E-state index in [4.69, 9.17) is 9.90 Å². The number of benzene rings is 3. The summed E-state index contributed by atoms with van der Waals surface area (Å²) in [6.45, 7) is 2.90. The van der Waals surface area contributed by atoms with E-state index in [9.17, 15) is 27.6 Å². The Morgan fingerprint density at radius 2 is 1.14 bits per heavy atom. The van der Waals surface area contributed by atoms with E-state index in [2.05, 4.69) is 47.0 Å². The number of nitrogens with zero attached hydrogens (tertiary/aromatic N) is 2. The molecule has 3 saturated heterocycles. The molecule has 3 N–H and O–H groups in total. The summed E-state index contributed by atoms with van der Waals surface area (Å²) >= 11 is 0. The van der Waals surface area contributed by atoms with Gasteiger partial charge in [-0.05, 0) is 68.3 Å². The minimum absolute atomic E-state index is 0.0395. The van der Waals surface area contributed by atoms with Crippen LogP contribution in [0.4, 0.5) is 13.2 Å². The maximum absolute atomic E-state index is 14.5. The largest absolute Gasteiger partial charge is 0.490 e. The minimum atomic E-state index is -5.08. The molecule has 12 heteroatoms. The van der Waals surface area contributed by atoms with Crippen LogP contribution in [0.25, 0.3) is 0 Å². The van der Waals surface area contributed by atoms with Gasteiger partial charge in [0, 0.05) is 25.6 Å². The number of likely N-dealkylation sites (tertiary alicyclic amines) is 2. The first kappa shape index (κ1) is 36.6. The number of alkyl halides is 3. The van der Waals surface area contributed by atoms with Gasteiger partial charge in [0.15, 0.2) is 0 Å². The molecule has 3 aromatic rings. The van der Waals surface area contributed by atoms with E-state index >= 15 is 0 Å². The van der Waals surface area contributed by atoms with E-state index in [1.165, 1.54) is 0 Å². The van der Waals surface area contributed by atoms with Gasteiger partial charge < -0.3 is 25.5 Å². The first-order valence-corrected chi connectivity index (χ1v) is 17.1. The molecule has 0 spiro atoms. The number of nitrogens with one attached hydrogen (secondary N) is 2. The zero-order chi connectivity index (χ0) is 35.7. The van der Waals surface area contributed by atoms with Crippen LogP contribution in [0.1, 0.15) is 61.6 Å². The second-order valence-corrected chi connectivity index (χ2v) is 13.0. The summed E-state index contributed by atoms with van der Waals surface area (Å²) in [6, 6.07) is 29.8. The molecular formula is C38H43F3N4O5. The highest BCUT2D eigenvalue weighted by molar-refractivity contribution is 5.93. The van der Waals surface area contributed by atoms with Crippen LogP contribution in [-0.2, 0) is 24.6 Å². The van der Waals surface area contributed by atoms with Gasteiger partial charge >= 0.3 is 12.1 Å². The summed E-state index contributed by atoms with van der Waals surface area (Å²) in [5.74, 6) is -2.93. The van der Waals surface area contributed by atoms with E-state index in [-0.39, 0.29) is 30.2 Å². The van der Waals surface area contributed by atoms with Gasteiger partial charge in [-0.1, -0.05) is 91.0 Å². The standard InChI is InChI=1S/C36H42N4O3.C2HF3O2/c41-33(26-36(27-12-4-1-5-13-27,28-14-6-2-7-15-28)29-16-8-3-9-17-29)39-24-11-19-32(39)35(43)40-25-10-18-31(40)34(42)38-30-20-22-37-23-21-30;3-2(4,5)1(6)7/h1-9,12-17,30-32,37H,10-11,18-26H2,(H,38,42);(H,6,7)/t31-,32+;/m1./s1. The summed E-state index contributed by atoms with van der Waals surface area (Å²) in [4.78, 5) is 54.3. The summed E-state index contributed by atoms with van der Waals surface area (Å²) in [7, 11) is 0. The molecule has 3 aliphatic rings. The molecule has 0 saturated carbocycles. The lowest BCUT2D eigenvalue weighted by Gasteiger charge is -2.38. The SMILES string of the molecule is O=C(NC1CCNCC1)[C@H]1CCCN1C(=O)[C@@H]1CCCN1C(=O)CC(c1ccccc1)(c1ccccc1)c1ccccc1.O=C(O)C(F)(F)F. The van der Waals surface area contributed by atoms with E-state index in [1.807, 2.05) is 54.6 Å². The van der Waals surface area contributed by atoms with Crippen LogP contribution < -0.4 is 10.6 Å². The molecule has 0 aromatic heterocycles. The molecule has 0 radical (unpaired) electrons. The smallest absolute Gasteiger partial charge is 0.475 e. The molecule has 266 valence electrons. The first-order valence-electron chi connectivity index (χ1n) is 17.1. The van der Waals surface area contributed by atoms with Crippen molar-refractivity contribution in [3.63, 3.8) is 0 Å². The van der Waals surface area contributed by atoms with Gasteiger partial charge in [0.2, 0.25) is 17.7 Å². The highest BCUT2D eigenvalue weighted by Crippen LogP contribution is 2.43. The van der Waals surface area contributed by atoms with E-state index in [0.717, 1.165) is 55.5 Å². The highest BCUT2D eigenvalue weighted by Gasteiger charge is 2.45. The van der Waals surface area contributed by atoms with Crippen molar-refractivity contribution < 1.29 is 37.5 Å². The quantitative estimate of drug-likeness (QED) is 0.290. The molecule has 0 unspecified atom stereocenters. The molecule has 6 rings (SSSR count). The number of amides is 3. The Kier molecular flexibility index (Phi) is 11.9. The Balaban J connectivity index is 0.000000630. The van der Waals surface area contributed by atoms with Crippen LogP contribution >= 0.6 is 0 Å². The van der Waals surface area contributed by atoms with Gasteiger partial charge in [-0.25, -0.2) is 4.79 Å². The zero-order valence-electron chi connectivity index (χ0n) is 27.8. The van der Waals surface area contributed by atoms with Gasteiger partial charge in [-0.15, -0.1) is 0 Å². The maximum atomic E-state index is 14.5. The molecule has 9 nitrogen and oxygen atoms in total. The molecule has 2 atom stereocenters.